The number of fused-ring (bicyclic) bond motifs is 1. The molecule has 132 valence electrons. The minimum atomic E-state index is -0.879. The van der Waals surface area contributed by atoms with Crippen molar-refractivity contribution in [1.29, 1.82) is 0 Å². The third-order valence-electron chi connectivity index (χ3n) is 3.70. The topological polar surface area (TPSA) is 106 Å². The van der Waals surface area contributed by atoms with Crippen LogP contribution >= 0.6 is 0 Å². The van der Waals surface area contributed by atoms with Crippen molar-refractivity contribution in [2.24, 2.45) is 5.73 Å². The van der Waals surface area contributed by atoms with Gasteiger partial charge in [0.25, 0.3) is 0 Å². The van der Waals surface area contributed by atoms with Crippen molar-refractivity contribution in [2.75, 3.05) is 5.32 Å². The first-order valence-corrected chi connectivity index (χ1v) is 8.01. The molecule has 0 radical (unpaired) electrons. The molecule has 0 saturated carbocycles. The van der Waals surface area contributed by atoms with Crippen molar-refractivity contribution in [1.82, 2.24) is 10.3 Å². The van der Waals surface area contributed by atoms with Gasteiger partial charge in [0.05, 0.1) is 0 Å². The van der Waals surface area contributed by atoms with Gasteiger partial charge in [-0.15, -0.1) is 0 Å². The van der Waals surface area contributed by atoms with Gasteiger partial charge in [-0.25, -0.2) is 4.79 Å². The van der Waals surface area contributed by atoms with Crippen LogP contribution in [0.3, 0.4) is 0 Å². The van der Waals surface area contributed by atoms with E-state index in [0.717, 1.165) is 10.9 Å². The molecular formula is C19H18N4O3. The second-order valence-corrected chi connectivity index (χ2v) is 5.68. The number of nitrogens with two attached hydrogens (primary N) is 1. The van der Waals surface area contributed by atoms with Gasteiger partial charge in [0.15, 0.2) is 5.75 Å². The van der Waals surface area contributed by atoms with Crippen molar-refractivity contribution in [2.45, 2.75) is 13.0 Å². The number of nitrogens with one attached hydrogen (secondary N) is 2. The van der Waals surface area contributed by atoms with E-state index in [-0.39, 0.29) is 0 Å². The number of benzene rings is 2. The Hall–Kier alpha value is -3.61. The summed E-state index contributed by atoms with van der Waals surface area (Å²) in [4.78, 5) is 26.8. The van der Waals surface area contributed by atoms with E-state index in [4.69, 9.17) is 10.5 Å². The normalized spacial score (nSPS) is 11.6. The molecule has 0 aliphatic carbocycles. The zero-order valence-corrected chi connectivity index (χ0v) is 14.1. The summed E-state index contributed by atoms with van der Waals surface area (Å²) < 4.78 is 5.92. The molecule has 3 aromatic rings. The summed E-state index contributed by atoms with van der Waals surface area (Å²) in [7, 11) is 0. The lowest BCUT2D eigenvalue weighted by Gasteiger charge is -2.14. The number of pyridine rings is 1. The summed E-state index contributed by atoms with van der Waals surface area (Å²) in [6.45, 7) is 1.63. The molecule has 0 fully saturated rings. The summed E-state index contributed by atoms with van der Waals surface area (Å²) >= 11 is 0. The highest BCUT2D eigenvalue weighted by atomic mass is 16.5. The minimum absolute atomic E-state index is 0.500. The molecule has 2 aromatic carbocycles. The highest BCUT2D eigenvalue weighted by molar-refractivity contribution is 5.97. The van der Waals surface area contributed by atoms with Gasteiger partial charge < -0.3 is 15.8 Å². The number of amides is 3. The van der Waals surface area contributed by atoms with Crippen LogP contribution in [0.15, 0.2) is 60.8 Å². The highest BCUT2D eigenvalue weighted by Gasteiger charge is 2.14. The van der Waals surface area contributed by atoms with Gasteiger partial charge in [-0.05, 0) is 43.3 Å². The first-order valence-electron chi connectivity index (χ1n) is 8.01. The van der Waals surface area contributed by atoms with Crippen LogP contribution in [0.4, 0.5) is 10.5 Å². The fourth-order valence-electron chi connectivity index (χ4n) is 2.45. The molecule has 7 nitrogen and oxygen atoms in total. The summed E-state index contributed by atoms with van der Waals surface area (Å²) in [6.07, 6.45) is 1.72. The van der Waals surface area contributed by atoms with Gasteiger partial charge in [0.2, 0.25) is 5.91 Å². The van der Waals surface area contributed by atoms with Crippen molar-refractivity contribution < 1.29 is 14.3 Å². The minimum Gasteiger partial charge on any atom is -0.455 e. The molecule has 0 spiro atoms. The summed E-state index contributed by atoms with van der Waals surface area (Å²) in [5.41, 5.74) is 6.43. The lowest BCUT2D eigenvalue weighted by molar-refractivity contribution is -0.120. The van der Waals surface area contributed by atoms with Gasteiger partial charge in [-0.1, -0.05) is 18.2 Å². The SMILES string of the molecule is CC(Nc1ccc(Oc2cccc3cccnc23)cc1)C(=O)NC(N)=O. The number of primary amides is 1. The molecule has 3 rings (SSSR count). The number of ether oxygens (including phenoxy) is 1. The van der Waals surface area contributed by atoms with Crippen LogP contribution in [0, 0.1) is 0 Å². The molecule has 7 heteroatoms. The number of hydrogen-bond donors (Lipinski definition) is 3. The van der Waals surface area contributed by atoms with Crippen LogP contribution in [0.2, 0.25) is 0 Å². The number of hydrogen-bond acceptors (Lipinski definition) is 5. The Morgan fingerprint density at radius 3 is 2.54 bits per heavy atom. The predicted molar refractivity (Wildman–Crippen MR) is 99.1 cm³/mol. The number of nitrogens with zero attached hydrogens (tertiary/aromatic N) is 1. The second kappa shape index (κ2) is 7.52. The van der Waals surface area contributed by atoms with E-state index in [0.29, 0.717) is 17.2 Å². The Morgan fingerprint density at radius 1 is 1.08 bits per heavy atom. The maximum atomic E-state index is 11.7. The van der Waals surface area contributed by atoms with Gasteiger partial charge >= 0.3 is 6.03 Å². The largest absolute Gasteiger partial charge is 0.455 e. The predicted octanol–water partition coefficient (Wildman–Crippen LogP) is 3.02. The molecule has 0 aliphatic rings. The first kappa shape index (κ1) is 17.2. The maximum absolute atomic E-state index is 11.7. The average Bonchev–Trinajstić information content (AvgIpc) is 2.63. The van der Waals surface area contributed by atoms with Crippen LogP contribution in [-0.2, 0) is 4.79 Å². The Morgan fingerprint density at radius 2 is 1.81 bits per heavy atom. The number of aromatic nitrogens is 1. The molecule has 3 amide bonds. The third kappa shape index (κ3) is 4.07. The van der Waals surface area contributed by atoms with Crippen molar-refractivity contribution in [3.05, 3.63) is 60.8 Å². The molecule has 4 N–H and O–H groups in total. The Labute approximate surface area is 150 Å². The van der Waals surface area contributed by atoms with E-state index in [1.54, 1.807) is 37.4 Å². The highest BCUT2D eigenvalue weighted by Crippen LogP contribution is 2.28. The third-order valence-corrected chi connectivity index (χ3v) is 3.70. The molecule has 0 bridgehead atoms. The summed E-state index contributed by atoms with van der Waals surface area (Å²) in [5, 5.41) is 6.01. The van der Waals surface area contributed by atoms with Crippen molar-refractivity contribution in [3.63, 3.8) is 0 Å². The molecule has 0 aliphatic heterocycles. The number of anilines is 1. The second-order valence-electron chi connectivity index (χ2n) is 5.68. The van der Waals surface area contributed by atoms with Crippen molar-refractivity contribution in [3.8, 4) is 11.5 Å². The zero-order valence-electron chi connectivity index (χ0n) is 14.1. The van der Waals surface area contributed by atoms with E-state index < -0.39 is 18.0 Å². The van der Waals surface area contributed by atoms with Gasteiger partial charge in [-0.3, -0.25) is 15.1 Å². The summed E-state index contributed by atoms with van der Waals surface area (Å²) in [5.74, 6) is 0.806. The number of carbonyl (C=O) groups excluding carboxylic acids is 2. The van der Waals surface area contributed by atoms with Crippen LogP contribution in [-0.4, -0.2) is 23.0 Å². The lowest BCUT2D eigenvalue weighted by atomic mass is 10.2. The van der Waals surface area contributed by atoms with Crippen LogP contribution in [0.1, 0.15) is 6.92 Å². The van der Waals surface area contributed by atoms with E-state index in [2.05, 4.69) is 10.3 Å². The van der Waals surface area contributed by atoms with E-state index in [9.17, 15) is 9.59 Å². The number of carbonyl (C=O) groups is 2. The van der Waals surface area contributed by atoms with E-state index >= 15 is 0 Å². The average molecular weight is 350 g/mol. The first-order chi connectivity index (χ1) is 12.5. The number of urea groups is 1. The van der Waals surface area contributed by atoms with Crippen molar-refractivity contribution >= 4 is 28.5 Å². The van der Waals surface area contributed by atoms with Crippen LogP contribution in [0.25, 0.3) is 10.9 Å². The molecular weight excluding hydrogens is 332 g/mol. The fourth-order valence-corrected chi connectivity index (χ4v) is 2.45. The molecule has 1 heterocycles. The Balaban J connectivity index is 1.70. The molecule has 0 saturated heterocycles. The van der Waals surface area contributed by atoms with Crippen LogP contribution < -0.4 is 21.1 Å². The number of imide groups is 1. The summed E-state index contributed by atoms with van der Waals surface area (Å²) in [6, 6.07) is 15.2. The smallest absolute Gasteiger partial charge is 0.318 e. The van der Waals surface area contributed by atoms with E-state index in [1.165, 1.54) is 0 Å². The molecule has 26 heavy (non-hydrogen) atoms. The number of para-hydroxylation sites is 1. The monoisotopic (exact) mass is 350 g/mol. The van der Waals surface area contributed by atoms with Gasteiger partial charge in [0.1, 0.15) is 17.3 Å². The quantitative estimate of drug-likeness (QED) is 0.656. The fraction of sp³-hybridized carbons (Fsp3) is 0.105. The molecule has 1 aromatic heterocycles. The lowest BCUT2D eigenvalue weighted by Crippen LogP contribution is -2.43. The van der Waals surface area contributed by atoms with Gasteiger partial charge in [0, 0.05) is 17.3 Å². The van der Waals surface area contributed by atoms with Crippen LogP contribution in [0.5, 0.6) is 11.5 Å². The Bertz CT molecular complexity index is 936. The maximum Gasteiger partial charge on any atom is 0.318 e. The standard InChI is InChI=1S/C19H18N4O3/c1-12(18(24)23-19(20)25)22-14-7-9-15(10-8-14)26-16-6-2-4-13-5-3-11-21-17(13)16/h2-12,22H,1H3,(H3,20,23,24,25). The van der Waals surface area contributed by atoms with Gasteiger partial charge in [-0.2, -0.15) is 0 Å². The molecule has 1 atom stereocenters. The Kier molecular flexibility index (Phi) is 4.98. The van der Waals surface area contributed by atoms with E-state index in [1.807, 2.05) is 35.6 Å². The zero-order chi connectivity index (χ0) is 18.5. The molecule has 1 unspecified atom stereocenters. The number of rotatable bonds is 5.